The third-order valence-corrected chi connectivity index (χ3v) is 3.89. The molecule has 0 unspecified atom stereocenters. The molecule has 3 rings (SSSR count). The van der Waals surface area contributed by atoms with Crippen LogP contribution in [0.1, 0.15) is 23.0 Å². The molecule has 3 nitrogen and oxygen atoms in total. The number of Topliss-reactive ketones (excluding diaryl/α,β-unsaturated/α-hetero) is 1. The van der Waals surface area contributed by atoms with E-state index in [-0.39, 0.29) is 11.6 Å². The van der Waals surface area contributed by atoms with Gasteiger partial charge in [-0.25, -0.2) is 9.37 Å². The van der Waals surface area contributed by atoms with Gasteiger partial charge in [0.2, 0.25) is 0 Å². The Morgan fingerprint density at radius 1 is 1.50 bits per heavy atom. The first-order valence-electron chi connectivity index (χ1n) is 5.67. The highest BCUT2D eigenvalue weighted by molar-refractivity contribution is 7.14. The Hall–Kier alpha value is -1.75. The number of carbonyl (C=O) groups excluding carboxylic acids is 1. The van der Waals surface area contributed by atoms with E-state index in [4.69, 9.17) is 0 Å². The maximum absolute atomic E-state index is 13.3. The number of fused-ring (bicyclic) bond motifs is 1. The topological polar surface area (TPSA) is 33.2 Å². The molecule has 5 heteroatoms. The van der Waals surface area contributed by atoms with Crippen molar-refractivity contribution in [2.24, 2.45) is 0 Å². The lowest BCUT2D eigenvalue weighted by Crippen LogP contribution is -2.13. The highest BCUT2D eigenvalue weighted by atomic mass is 32.1. The summed E-state index contributed by atoms with van der Waals surface area (Å²) in [4.78, 5) is 17.5. The van der Waals surface area contributed by atoms with E-state index in [0.29, 0.717) is 5.69 Å². The van der Waals surface area contributed by atoms with E-state index in [1.54, 1.807) is 5.38 Å². The smallest absolute Gasteiger partial charge is 0.190 e. The number of hydrogen-bond acceptors (Lipinski definition) is 4. The van der Waals surface area contributed by atoms with Gasteiger partial charge < -0.3 is 4.90 Å². The standard InChI is InChI=1S/C13H11FN2OS/c1-8(17)11-7-18-13(15-11)16-5-4-9-2-3-10(14)6-12(9)16/h2-3,6-7H,4-5H2,1H3. The van der Waals surface area contributed by atoms with Gasteiger partial charge in [0.15, 0.2) is 10.9 Å². The van der Waals surface area contributed by atoms with E-state index < -0.39 is 0 Å². The highest BCUT2D eigenvalue weighted by Gasteiger charge is 2.23. The van der Waals surface area contributed by atoms with Crippen molar-refractivity contribution in [2.45, 2.75) is 13.3 Å². The normalized spacial score (nSPS) is 13.8. The van der Waals surface area contributed by atoms with Gasteiger partial charge in [0.25, 0.3) is 0 Å². The summed E-state index contributed by atoms with van der Waals surface area (Å²) in [5, 5.41) is 2.50. The fourth-order valence-electron chi connectivity index (χ4n) is 2.10. The van der Waals surface area contributed by atoms with Gasteiger partial charge in [0, 0.05) is 24.5 Å². The maximum Gasteiger partial charge on any atom is 0.190 e. The summed E-state index contributed by atoms with van der Waals surface area (Å²) in [5.74, 6) is -0.292. The average Bonchev–Trinajstić information content (AvgIpc) is 2.93. The van der Waals surface area contributed by atoms with E-state index in [1.807, 2.05) is 11.0 Å². The Labute approximate surface area is 108 Å². The van der Waals surface area contributed by atoms with Gasteiger partial charge in [0.1, 0.15) is 11.5 Å². The molecule has 0 bridgehead atoms. The van der Waals surface area contributed by atoms with Crippen molar-refractivity contribution >= 4 is 27.9 Å². The fourth-order valence-corrected chi connectivity index (χ4v) is 3.00. The van der Waals surface area contributed by atoms with E-state index in [0.717, 1.165) is 29.3 Å². The first-order chi connectivity index (χ1) is 8.65. The number of nitrogens with zero attached hydrogens (tertiary/aromatic N) is 2. The molecule has 2 aromatic rings. The van der Waals surface area contributed by atoms with Crippen LogP contribution >= 0.6 is 11.3 Å². The van der Waals surface area contributed by atoms with Gasteiger partial charge in [0.05, 0.1) is 0 Å². The van der Waals surface area contributed by atoms with Crippen LogP contribution in [-0.4, -0.2) is 17.3 Å². The Morgan fingerprint density at radius 3 is 3.06 bits per heavy atom. The molecule has 0 fully saturated rings. The molecule has 0 saturated carbocycles. The van der Waals surface area contributed by atoms with E-state index in [2.05, 4.69) is 4.98 Å². The Bertz CT molecular complexity index is 623. The number of rotatable bonds is 2. The van der Waals surface area contributed by atoms with Crippen molar-refractivity contribution in [1.29, 1.82) is 0 Å². The van der Waals surface area contributed by atoms with Gasteiger partial charge >= 0.3 is 0 Å². The van der Waals surface area contributed by atoms with Crippen molar-refractivity contribution in [3.05, 3.63) is 40.7 Å². The second-order valence-corrected chi connectivity index (χ2v) is 5.08. The number of aromatic nitrogens is 1. The largest absolute Gasteiger partial charge is 0.317 e. The molecule has 2 heterocycles. The van der Waals surface area contributed by atoms with Crippen LogP contribution in [0, 0.1) is 5.82 Å². The van der Waals surface area contributed by atoms with Crippen LogP contribution in [0.4, 0.5) is 15.2 Å². The molecule has 1 aliphatic rings. The average molecular weight is 262 g/mol. The first kappa shape index (κ1) is 11.3. The molecule has 92 valence electrons. The summed E-state index contributed by atoms with van der Waals surface area (Å²) >= 11 is 1.42. The fraction of sp³-hybridized carbons (Fsp3) is 0.231. The zero-order chi connectivity index (χ0) is 12.7. The summed E-state index contributed by atoms with van der Waals surface area (Å²) in [6.07, 6.45) is 0.880. The van der Waals surface area contributed by atoms with E-state index in [1.165, 1.54) is 30.4 Å². The molecule has 1 aromatic carbocycles. The minimum absolute atomic E-state index is 0.0452. The van der Waals surface area contributed by atoms with Gasteiger partial charge in [-0.15, -0.1) is 11.3 Å². The zero-order valence-electron chi connectivity index (χ0n) is 9.81. The molecule has 0 radical (unpaired) electrons. The Morgan fingerprint density at radius 2 is 2.33 bits per heavy atom. The second kappa shape index (κ2) is 4.17. The quantitative estimate of drug-likeness (QED) is 0.779. The minimum Gasteiger partial charge on any atom is -0.317 e. The summed E-state index contributed by atoms with van der Waals surface area (Å²) in [6.45, 7) is 2.28. The number of carbonyl (C=O) groups is 1. The van der Waals surface area contributed by atoms with Gasteiger partial charge in [-0.1, -0.05) is 6.07 Å². The van der Waals surface area contributed by atoms with Crippen LogP contribution in [0.3, 0.4) is 0 Å². The lowest BCUT2D eigenvalue weighted by atomic mass is 10.2. The summed E-state index contributed by atoms with van der Waals surface area (Å²) in [6, 6.07) is 4.81. The van der Waals surface area contributed by atoms with Crippen LogP contribution in [-0.2, 0) is 6.42 Å². The van der Waals surface area contributed by atoms with E-state index in [9.17, 15) is 9.18 Å². The predicted octanol–water partition coefficient (Wildman–Crippen LogP) is 3.18. The third kappa shape index (κ3) is 1.80. The van der Waals surface area contributed by atoms with Crippen molar-refractivity contribution in [2.75, 3.05) is 11.4 Å². The SMILES string of the molecule is CC(=O)c1csc(N2CCc3ccc(F)cc32)n1. The van der Waals surface area contributed by atoms with Gasteiger partial charge in [-0.05, 0) is 24.1 Å². The van der Waals surface area contributed by atoms with Crippen LogP contribution in [0.15, 0.2) is 23.6 Å². The molecule has 18 heavy (non-hydrogen) atoms. The number of hydrogen-bond donors (Lipinski definition) is 0. The molecular formula is C13H11FN2OS. The minimum atomic E-state index is -0.246. The molecule has 0 amide bonds. The van der Waals surface area contributed by atoms with Crippen molar-refractivity contribution < 1.29 is 9.18 Å². The van der Waals surface area contributed by atoms with Crippen LogP contribution in [0.5, 0.6) is 0 Å². The summed E-state index contributed by atoms with van der Waals surface area (Å²) < 4.78 is 13.3. The van der Waals surface area contributed by atoms with Crippen LogP contribution < -0.4 is 4.90 Å². The van der Waals surface area contributed by atoms with Crippen molar-refractivity contribution in [3.8, 4) is 0 Å². The lowest BCUT2D eigenvalue weighted by Gasteiger charge is -2.15. The molecule has 1 aromatic heterocycles. The zero-order valence-corrected chi connectivity index (χ0v) is 10.6. The predicted molar refractivity (Wildman–Crippen MR) is 69.2 cm³/mol. The lowest BCUT2D eigenvalue weighted by molar-refractivity contribution is 0.101. The summed E-state index contributed by atoms with van der Waals surface area (Å²) in [5.41, 5.74) is 2.45. The molecule has 0 aliphatic carbocycles. The molecule has 0 saturated heterocycles. The number of anilines is 2. The number of halogens is 1. The van der Waals surface area contributed by atoms with Crippen LogP contribution in [0.25, 0.3) is 0 Å². The maximum atomic E-state index is 13.3. The van der Waals surface area contributed by atoms with Crippen LogP contribution in [0.2, 0.25) is 0 Å². The molecule has 0 N–H and O–H groups in total. The summed E-state index contributed by atoms with van der Waals surface area (Å²) in [7, 11) is 0. The monoisotopic (exact) mass is 262 g/mol. The van der Waals surface area contributed by atoms with Crippen molar-refractivity contribution in [3.63, 3.8) is 0 Å². The van der Waals surface area contributed by atoms with Crippen molar-refractivity contribution in [1.82, 2.24) is 4.98 Å². The highest BCUT2D eigenvalue weighted by Crippen LogP contribution is 2.36. The molecular weight excluding hydrogens is 251 g/mol. The Kier molecular flexibility index (Phi) is 2.63. The van der Waals surface area contributed by atoms with E-state index >= 15 is 0 Å². The number of benzene rings is 1. The Balaban J connectivity index is 2.00. The van der Waals surface area contributed by atoms with Gasteiger partial charge in [-0.2, -0.15) is 0 Å². The molecule has 0 atom stereocenters. The molecule has 1 aliphatic heterocycles. The number of thiazole rings is 1. The van der Waals surface area contributed by atoms with Gasteiger partial charge in [-0.3, -0.25) is 4.79 Å². The second-order valence-electron chi connectivity index (χ2n) is 4.25. The number of ketones is 1. The third-order valence-electron chi connectivity index (χ3n) is 3.03. The molecule has 0 spiro atoms. The first-order valence-corrected chi connectivity index (χ1v) is 6.55.